The number of aryl methyl sites for hydroxylation is 1. The van der Waals surface area contributed by atoms with E-state index in [1.165, 1.54) is 12.0 Å². The van der Waals surface area contributed by atoms with Crippen LogP contribution in [0.4, 0.5) is 5.69 Å². The van der Waals surface area contributed by atoms with E-state index in [4.69, 9.17) is 4.74 Å². The van der Waals surface area contributed by atoms with Gasteiger partial charge in [0.1, 0.15) is 5.75 Å². The summed E-state index contributed by atoms with van der Waals surface area (Å²) in [6.07, 6.45) is 1.18. The van der Waals surface area contributed by atoms with Gasteiger partial charge < -0.3 is 15.4 Å². The van der Waals surface area contributed by atoms with Crippen molar-refractivity contribution in [2.75, 3.05) is 32.6 Å². The van der Waals surface area contributed by atoms with Crippen molar-refractivity contribution < 1.29 is 4.74 Å². The van der Waals surface area contributed by atoms with Gasteiger partial charge in [0.25, 0.3) is 0 Å². The van der Waals surface area contributed by atoms with E-state index in [1.54, 1.807) is 7.11 Å². The zero-order valence-corrected chi connectivity index (χ0v) is 11.3. The molecule has 1 rings (SSSR count). The number of ether oxygens (including phenoxy) is 1. The van der Waals surface area contributed by atoms with E-state index in [1.807, 2.05) is 13.1 Å². The Hall–Kier alpha value is -1.22. The lowest BCUT2D eigenvalue weighted by Crippen LogP contribution is -2.24. The van der Waals surface area contributed by atoms with Crippen LogP contribution in [0.2, 0.25) is 0 Å². The highest BCUT2D eigenvalue weighted by molar-refractivity contribution is 5.50. The number of hydrogen-bond donors (Lipinski definition) is 2. The summed E-state index contributed by atoms with van der Waals surface area (Å²) in [5, 5.41) is 6.70. The normalized spacial score (nSPS) is 12.2. The van der Waals surface area contributed by atoms with E-state index < -0.39 is 0 Å². The quantitative estimate of drug-likeness (QED) is 0.763. The molecule has 2 N–H and O–H groups in total. The zero-order valence-electron chi connectivity index (χ0n) is 11.3. The second kappa shape index (κ2) is 7.17. The average Bonchev–Trinajstić information content (AvgIpc) is 2.34. The molecule has 0 aromatic heterocycles. The Morgan fingerprint density at radius 1 is 1.29 bits per heavy atom. The van der Waals surface area contributed by atoms with Crippen LogP contribution in [0, 0.1) is 12.8 Å². The molecule has 0 aliphatic carbocycles. The van der Waals surface area contributed by atoms with Crippen molar-refractivity contribution in [1.29, 1.82) is 0 Å². The van der Waals surface area contributed by atoms with Gasteiger partial charge in [-0.2, -0.15) is 0 Å². The van der Waals surface area contributed by atoms with Gasteiger partial charge in [0.05, 0.1) is 7.11 Å². The number of hydrogen-bond acceptors (Lipinski definition) is 3. The molecule has 3 heteroatoms. The third-order valence-corrected chi connectivity index (χ3v) is 3.06. The van der Waals surface area contributed by atoms with Crippen LogP contribution >= 0.6 is 0 Å². The molecule has 0 saturated heterocycles. The van der Waals surface area contributed by atoms with Crippen LogP contribution in [0.3, 0.4) is 0 Å². The Balaban J connectivity index is 2.54. The van der Waals surface area contributed by atoms with Crippen molar-refractivity contribution in [2.45, 2.75) is 20.3 Å². The largest absolute Gasteiger partial charge is 0.496 e. The second-order valence-electron chi connectivity index (χ2n) is 4.40. The molecular weight excluding hydrogens is 212 g/mol. The summed E-state index contributed by atoms with van der Waals surface area (Å²) >= 11 is 0. The van der Waals surface area contributed by atoms with Gasteiger partial charge >= 0.3 is 0 Å². The van der Waals surface area contributed by atoms with Gasteiger partial charge in [-0.25, -0.2) is 0 Å². The summed E-state index contributed by atoms with van der Waals surface area (Å²) in [7, 11) is 3.70. The predicted octanol–water partition coefficient (Wildman–Crippen LogP) is 2.66. The van der Waals surface area contributed by atoms with E-state index in [0.29, 0.717) is 5.92 Å². The van der Waals surface area contributed by atoms with Crippen molar-refractivity contribution in [2.24, 2.45) is 5.92 Å². The van der Waals surface area contributed by atoms with Crippen molar-refractivity contribution in [3.63, 3.8) is 0 Å². The van der Waals surface area contributed by atoms with Gasteiger partial charge in [0, 0.05) is 12.2 Å². The Labute approximate surface area is 105 Å². The van der Waals surface area contributed by atoms with Crippen LogP contribution in [0.5, 0.6) is 5.75 Å². The SMILES string of the molecule is CCC(CNC)CNc1ccc(OC)c(C)c1. The maximum Gasteiger partial charge on any atom is 0.121 e. The number of rotatable bonds is 7. The molecule has 0 aliphatic rings. The highest BCUT2D eigenvalue weighted by Gasteiger charge is 2.05. The predicted molar refractivity (Wildman–Crippen MR) is 73.9 cm³/mol. The molecule has 0 spiro atoms. The van der Waals surface area contributed by atoms with E-state index in [9.17, 15) is 0 Å². The number of anilines is 1. The van der Waals surface area contributed by atoms with E-state index in [-0.39, 0.29) is 0 Å². The molecule has 1 atom stereocenters. The standard InChI is InChI=1S/C14H24N2O/c1-5-12(9-15-3)10-16-13-6-7-14(17-4)11(2)8-13/h6-8,12,15-16H,5,9-10H2,1-4H3. The fourth-order valence-corrected chi connectivity index (χ4v) is 1.90. The van der Waals surface area contributed by atoms with Crippen LogP contribution in [0.25, 0.3) is 0 Å². The van der Waals surface area contributed by atoms with Crippen LogP contribution in [-0.2, 0) is 0 Å². The summed E-state index contributed by atoms with van der Waals surface area (Å²) in [5.74, 6) is 1.61. The lowest BCUT2D eigenvalue weighted by Gasteiger charge is -2.16. The van der Waals surface area contributed by atoms with Crippen molar-refractivity contribution in [3.8, 4) is 5.75 Å². The molecule has 3 nitrogen and oxygen atoms in total. The first-order chi connectivity index (χ1) is 8.21. The van der Waals surface area contributed by atoms with Crippen molar-refractivity contribution in [3.05, 3.63) is 23.8 Å². The number of benzene rings is 1. The minimum absolute atomic E-state index is 0.669. The summed E-state index contributed by atoms with van der Waals surface area (Å²) in [6.45, 7) is 6.35. The summed E-state index contributed by atoms with van der Waals surface area (Å²) in [4.78, 5) is 0. The highest BCUT2D eigenvalue weighted by atomic mass is 16.5. The molecule has 96 valence electrons. The lowest BCUT2D eigenvalue weighted by atomic mass is 10.1. The second-order valence-corrected chi connectivity index (χ2v) is 4.40. The summed E-state index contributed by atoms with van der Waals surface area (Å²) in [5.41, 5.74) is 2.33. The molecule has 1 aromatic carbocycles. The van der Waals surface area contributed by atoms with E-state index >= 15 is 0 Å². The van der Waals surface area contributed by atoms with Crippen LogP contribution in [-0.4, -0.2) is 27.2 Å². The van der Waals surface area contributed by atoms with Gasteiger partial charge in [-0.1, -0.05) is 13.3 Å². The summed E-state index contributed by atoms with van der Waals surface area (Å²) < 4.78 is 5.25. The molecule has 0 heterocycles. The smallest absolute Gasteiger partial charge is 0.121 e. The Morgan fingerprint density at radius 3 is 2.59 bits per heavy atom. The Kier molecular flexibility index (Phi) is 5.84. The van der Waals surface area contributed by atoms with Gasteiger partial charge in [-0.05, 0) is 50.2 Å². The molecule has 0 bridgehead atoms. The fourth-order valence-electron chi connectivity index (χ4n) is 1.90. The van der Waals surface area contributed by atoms with Gasteiger partial charge in [-0.3, -0.25) is 0 Å². The molecule has 0 fully saturated rings. The van der Waals surface area contributed by atoms with Crippen molar-refractivity contribution >= 4 is 5.69 Å². The van der Waals surface area contributed by atoms with Crippen LogP contribution in [0.1, 0.15) is 18.9 Å². The molecule has 17 heavy (non-hydrogen) atoms. The monoisotopic (exact) mass is 236 g/mol. The first-order valence-corrected chi connectivity index (χ1v) is 6.24. The molecule has 0 aliphatic heterocycles. The van der Waals surface area contributed by atoms with Crippen molar-refractivity contribution in [1.82, 2.24) is 5.32 Å². The van der Waals surface area contributed by atoms with Gasteiger partial charge in [0.2, 0.25) is 0 Å². The molecular formula is C14H24N2O. The highest BCUT2D eigenvalue weighted by Crippen LogP contribution is 2.21. The van der Waals surface area contributed by atoms with E-state index in [2.05, 4.69) is 36.6 Å². The third-order valence-electron chi connectivity index (χ3n) is 3.06. The lowest BCUT2D eigenvalue weighted by molar-refractivity contribution is 0.412. The number of methoxy groups -OCH3 is 1. The topological polar surface area (TPSA) is 33.3 Å². The molecule has 0 saturated carbocycles. The van der Waals surface area contributed by atoms with Crippen LogP contribution < -0.4 is 15.4 Å². The van der Waals surface area contributed by atoms with Crippen LogP contribution in [0.15, 0.2) is 18.2 Å². The third kappa shape index (κ3) is 4.27. The maximum atomic E-state index is 5.25. The first-order valence-electron chi connectivity index (χ1n) is 6.24. The maximum absolute atomic E-state index is 5.25. The molecule has 1 unspecified atom stereocenters. The Morgan fingerprint density at radius 2 is 2.06 bits per heavy atom. The minimum atomic E-state index is 0.669. The van der Waals surface area contributed by atoms with Gasteiger partial charge in [0.15, 0.2) is 0 Å². The minimum Gasteiger partial charge on any atom is -0.496 e. The molecule has 0 amide bonds. The Bertz CT molecular complexity index is 339. The van der Waals surface area contributed by atoms with Gasteiger partial charge in [-0.15, -0.1) is 0 Å². The zero-order chi connectivity index (χ0) is 12.7. The molecule has 0 radical (unpaired) electrons. The number of nitrogens with one attached hydrogen (secondary N) is 2. The fraction of sp³-hybridized carbons (Fsp3) is 0.571. The average molecular weight is 236 g/mol. The molecule has 1 aromatic rings. The summed E-state index contributed by atoms with van der Waals surface area (Å²) in [6, 6.07) is 6.21. The van der Waals surface area contributed by atoms with E-state index in [0.717, 1.165) is 24.5 Å². The first kappa shape index (κ1) is 13.8.